The highest BCUT2D eigenvalue weighted by molar-refractivity contribution is 7.89. The number of benzene rings is 1. The van der Waals surface area contributed by atoms with E-state index in [0.29, 0.717) is 5.69 Å². The molecule has 0 aliphatic heterocycles. The van der Waals surface area contributed by atoms with Crippen LogP contribution in [0, 0.1) is 0 Å². The van der Waals surface area contributed by atoms with E-state index in [2.05, 4.69) is 10.0 Å². The van der Waals surface area contributed by atoms with Crippen LogP contribution in [0.1, 0.15) is 0 Å². The molecular weight excluding hydrogens is 244 g/mol. The zero-order valence-corrected chi connectivity index (χ0v) is 10.2. The van der Waals surface area contributed by atoms with E-state index in [9.17, 15) is 8.42 Å². The average molecular weight is 260 g/mol. The summed E-state index contributed by atoms with van der Waals surface area (Å²) in [5.41, 5.74) is 0.343. The molecule has 0 aromatic heterocycles. The summed E-state index contributed by atoms with van der Waals surface area (Å²) in [5.74, 6) is 0. The Morgan fingerprint density at radius 2 is 1.82 bits per heavy atom. The molecule has 1 rings (SSSR count). The molecule has 0 spiro atoms. The molecule has 96 valence electrons. The summed E-state index contributed by atoms with van der Waals surface area (Å²) in [6.07, 6.45) is 0. The van der Waals surface area contributed by atoms with Crippen molar-refractivity contribution < 1.29 is 18.6 Å². The Bertz CT molecular complexity index is 457. The van der Waals surface area contributed by atoms with Crippen molar-refractivity contribution in [2.24, 2.45) is 0 Å². The van der Waals surface area contributed by atoms with Crippen LogP contribution in [0.3, 0.4) is 0 Å². The summed E-state index contributed by atoms with van der Waals surface area (Å²) in [6, 6.07) is 5.69. The van der Waals surface area contributed by atoms with Gasteiger partial charge in [-0.25, -0.2) is 13.1 Å². The summed E-state index contributed by atoms with van der Waals surface area (Å²) in [5, 5.41) is 20.7. The Labute approximate surface area is 100 Å². The first-order valence-electron chi connectivity index (χ1n) is 5.06. The smallest absolute Gasteiger partial charge is 0.242 e. The monoisotopic (exact) mass is 260 g/mol. The number of hydrogen-bond acceptors (Lipinski definition) is 5. The number of aliphatic hydroxyl groups is 2. The second kappa shape index (κ2) is 5.97. The molecule has 1 aromatic rings. The Morgan fingerprint density at radius 3 is 2.35 bits per heavy atom. The Hall–Kier alpha value is -1.15. The lowest BCUT2D eigenvalue weighted by molar-refractivity contribution is 0.203. The lowest BCUT2D eigenvalue weighted by Crippen LogP contribution is -2.29. The largest absolute Gasteiger partial charge is 0.394 e. The van der Waals surface area contributed by atoms with Crippen LogP contribution in [0.2, 0.25) is 0 Å². The van der Waals surface area contributed by atoms with E-state index in [0.717, 1.165) is 0 Å². The van der Waals surface area contributed by atoms with Gasteiger partial charge >= 0.3 is 0 Å². The zero-order chi connectivity index (χ0) is 12.9. The number of para-hydroxylation sites is 1. The van der Waals surface area contributed by atoms with Gasteiger partial charge in [-0.3, -0.25) is 0 Å². The molecule has 0 saturated heterocycles. The molecule has 4 N–H and O–H groups in total. The minimum atomic E-state index is -3.57. The average Bonchev–Trinajstić information content (AvgIpc) is 2.36. The summed E-state index contributed by atoms with van der Waals surface area (Å²) in [4.78, 5) is 0.0781. The van der Waals surface area contributed by atoms with E-state index >= 15 is 0 Å². The predicted octanol–water partition coefficient (Wildman–Crippen LogP) is -0.640. The van der Waals surface area contributed by atoms with Gasteiger partial charge in [0.15, 0.2) is 0 Å². The van der Waals surface area contributed by atoms with Gasteiger partial charge in [-0.1, -0.05) is 12.1 Å². The highest BCUT2D eigenvalue weighted by Crippen LogP contribution is 2.20. The SMILES string of the molecule is CNS(=O)(=O)c1ccccc1NC(CO)CO. The zero-order valence-electron chi connectivity index (χ0n) is 9.42. The van der Waals surface area contributed by atoms with Gasteiger partial charge in [0.05, 0.1) is 24.9 Å². The van der Waals surface area contributed by atoms with Crippen molar-refractivity contribution in [3.05, 3.63) is 24.3 Å². The normalized spacial score (nSPS) is 11.8. The number of sulfonamides is 1. The number of hydrogen-bond donors (Lipinski definition) is 4. The third-order valence-electron chi connectivity index (χ3n) is 2.25. The molecular formula is C10H16N2O4S. The van der Waals surface area contributed by atoms with Gasteiger partial charge in [-0.15, -0.1) is 0 Å². The standard InChI is InChI=1S/C10H16N2O4S/c1-11-17(15,16)10-5-3-2-4-9(10)12-8(6-13)7-14/h2-5,8,11-14H,6-7H2,1H3. The third-order valence-corrected chi connectivity index (χ3v) is 3.72. The molecule has 0 unspecified atom stereocenters. The van der Waals surface area contributed by atoms with Crippen molar-refractivity contribution in [3.8, 4) is 0 Å². The van der Waals surface area contributed by atoms with Crippen LogP contribution >= 0.6 is 0 Å². The minimum absolute atomic E-state index is 0.0781. The van der Waals surface area contributed by atoms with Crippen LogP contribution < -0.4 is 10.0 Å². The van der Waals surface area contributed by atoms with Gasteiger partial charge in [0.2, 0.25) is 10.0 Å². The van der Waals surface area contributed by atoms with Crippen LogP contribution in [-0.2, 0) is 10.0 Å². The molecule has 0 saturated carbocycles. The molecule has 0 fully saturated rings. The van der Waals surface area contributed by atoms with Gasteiger partial charge in [-0.05, 0) is 19.2 Å². The van der Waals surface area contributed by atoms with Crippen molar-refractivity contribution in [2.45, 2.75) is 10.9 Å². The second-order valence-electron chi connectivity index (χ2n) is 3.41. The molecule has 0 amide bonds. The molecule has 0 atom stereocenters. The highest BCUT2D eigenvalue weighted by atomic mass is 32.2. The summed E-state index contributed by atoms with van der Waals surface area (Å²) in [7, 11) is -2.25. The van der Waals surface area contributed by atoms with Crippen molar-refractivity contribution in [3.63, 3.8) is 0 Å². The molecule has 0 bridgehead atoms. The number of rotatable bonds is 6. The minimum Gasteiger partial charge on any atom is -0.394 e. The molecule has 0 aliphatic rings. The Kier molecular flexibility index (Phi) is 4.88. The lowest BCUT2D eigenvalue weighted by atomic mass is 10.2. The third kappa shape index (κ3) is 3.40. The fourth-order valence-electron chi connectivity index (χ4n) is 1.30. The van der Waals surface area contributed by atoms with E-state index < -0.39 is 16.1 Å². The first kappa shape index (κ1) is 13.9. The van der Waals surface area contributed by atoms with Crippen LogP contribution in [0.15, 0.2) is 29.2 Å². The summed E-state index contributed by atoms with van der Waals surface area (Å²) >= 11 is 0. The van der Waals surface area contributed by atoms with Gasteiger partial charge in [0.1, 0.15) is 4.90 Å². The summed E-state index contributed by atoms with van der Waals surface area (Å²) < 4.78 is 25.6. The van der Waals surface area contributed by atoms with Gasteiger partial charge in [0.25, 0.3) is 0 Å². The first-order chi connectivity index (χ1) is 8.05. The summed E-state index contributed by atoms with van der Waals surface area (Å²) in [6.45, 7) is -0.575. The number of aliphatic hydroxyl groups excluding tert-OH is 2. The van der Waals surface area contributed by atoms with Gasteiger partial charge in [0, 0.05) is 0 Å². The topological polar surface area (TPSA) is 98.7 Å². The molecule has 1 aromatic carbocycles. The van der Waals surface area contributed by atoms with E-state index in [1.54, 1.807) is 18.2 Å². The fourth-order valence-corrected chi connectivity index (χ4v) is 2.19. The number of anilines is 1. The van der Waals surface area contributed by atoms with Crippen molar-refractivity contribution in [1.29, 1.82) is 0 Å². The van der Waals surface area contributed by atoms with Crippen LogP contribution in [-0.4, -0.2) is 44.9 Å². The molecule has 17 heavy (non-hydrogen) atoms. The van der Waals surface area contributed by atoms with E-state index in [4.69, 9.17) is 10.2 Å². The van der Waals surface area contributed by atoms with Crippen molar-refractivity contribution >= 4 is 15.7 Å². The van der Waals surface area contributed by atoms with Crippen LogP contribution in [0.5, 0.6) is 0 Å². The predicted molar refractivity (Wildman–Crippen MR) is 64.3 cm³/mol. The molecule has 7 heteroatoms. The maximum atomic E-state index is 11.7. The van der Waals surface area contributed by atoms with Crippen LogP contribution in [0.4, 0.5) is 5.69 Å². The second-order valence-corrected chi connectivity index (χ2v) is 5.27. The van der Waals surface area contributed by atoms with Gasteiger partial charge in [-0.2, -0.15) is 0 Å². The molecule has 0 aliphatic carbocycles. The Balaban J connectivity index is 3.09. The quantitative estimate of drug-likeness (QED) is 0.545. The van der Waals surface area contributed by atoms with E-state index in [1.807, 2.05) is 0 Å². The van der Waals surface area contributed by atoms with E-state index in [1.165, 1.54) is 13.1 Å². The fraction of sp³-hybridized carbons (Fsp3) is 0.400. The van der Waals surface area contributed by atoms with Crippen LogP contribution in [0.25, 0.3) is 0 Å². The van der Waals surface area contributed by atoms with Crippen molar-refractivity contribution in [1.82, 2.24) is 4.72 Å². The lowest BCUT2D eigenvalue weighted by Gasteiger charge is -2.17. The maximum absolute atomic E-state index is 11.7. The molecule has 0 radical (unpaired) electrons. The highest BCUT2D eigenvalue weighted by Gasteiger charge is 2.17. The molecule has 6 nitrogen and oxygen atoms in total. The van der Waals surface area contributed by atoms with E-state index in [-0.39, 0.29) is 18.1 Å². The number of nitrogens with one attached hydrogen (secondary N) is 2. The molecule has 0 heterocycles. The Morgan fingerprint density at radius 1 is 1.24 bits per heavy atom. The first-order valence-corrected chi connectivity index (χ1v) is 6.54. The van der Waals surface area contributed by atoms with Gasteiger partial charge < -0.3 is 15.5 Å². The maximum Gasteiger partial charge on any atom is 0.242 e. The van der Waals surface area contributed by atoms with Crippen molar-refractivity contribution in [2.75, 3.05) is 25.6 Å².